The number of nitrogen functional groups attached to an aromatic ring is 1. The zero-order valence-electron chi connectivity index (χ0n) is 11.9. The van der Waals surface area contributed by atoms with Crippen molar-refractivity contribution in [3.63, 3.8) is 0 Å². The van der Waals surface area contributed by atoms with Crippen LogP contribution in [0.3, 0.4) is 0 Å². The monoisotopic (exact) mass is 296 g/mol. The average Bonchev–Trinajstić information content (AvgIpc) is 2.43. The predicted molar refractivity (Wildman–Crippen MR) is 80.8 cm³/mol. The first kappa shape index (κ1) is 15.1. The van der Waals surface area contributed by atoms with E-state index in [0.29, 0.717) is 22.9 Å². The fraction of sp³-hybridized carbons (Fsp3) is 0.571. The second-order valence-electron chi connectivity index (χ2n) is 5.89. The third-order valence-electron chi connectivity index (χ3n) is 3.99. The number of carbonyl (C=O) groups excluding carboxylic acids is 1. The maximum atomic E-state index is 12.2. The van der Waals surface area contributed by atoms with E-state index in [2.05, 4.69) is 29.2 Å². The van der Waals surface area contributed by atoms with Crippen LogP contribution in [-0.2, 0) is 0 Å². The summed E-state index contributed by atoms with van der Waals surface area (Å²) in [5.41, 5.74) is 6.12. The molecule has 20 heavy (non-hydrogen) atoms. The normalized spacial score (nSPS) is 18.8. The average molecular weight is 297 g/mol. The number of pyridine rings is 1. The van der Waals surface area contributed by atoms with Crippen LogP contribution in [-0.4, -0.2) is 42.5 Å². The number of carbonyl (C=O) groups is 1. The van der Waals surface area contributed by atoms with Gasteiger partial charge in [-0.3, -0.25) is 4.79 Å². The van der Waals surface area contributed by atoms with Gasteiger partial charge in [0.15, 0.2) is 0 Å². The zero-order chi connectivity index (χ0) is 14.8. The molecule has 0 saturated carbocycles. The Bertz CT molecular complexity index is 498. The highest BCUT2D eigenvalue weighted by Crippen LogP contribution is 2.29. The van der Waals surface area contributed by atoms with Crippen molar-refractivity contribution >= 4 is 23.3 Å². The van der Waals surface area contributed by atoms with Gasteiger partial charge in [-0.25, -0.2) is 4.98 Å². The van der Waals surface area contributed by atoms with Crippen LogP contribution in [0.25, 0.3) is 0 Å². The van der Waals surface area contributed by atoms with Gasteiger partial charge < -0.3 is 16.0 Å². The van der Waals surface area contributed by atoms with Crippen molar-refractivity contribution in [2.45, 2.75) is 19.8 Å². The molecule has 2 heterocycles. The third-order valence-corrected chi connectivity index (χ3v) is 4.29. The topological polar surface area (TPSA) is 71.2 Å². The third kappa shape index (κ3) is 3.61. The van der Waals surface area contributed by atoms with E-state index < -0.39 is 0 Å². The van der Waals surface area contributed by atoms with Crippen LogP contribution in [0.2, 0.25) is 5.02 Å². The van der Waals surface area contributed by atoms with Gasteiger partial charge >= 0.3 is 0 Å². The van der Waals surface area contributed by atoms with Crippen molar-refractivity contribution in [3.05, 3.63) is 22.8 Å². The zero-order valence-corrected chi connectivity index (χ0v) is 12.7. The molecule has 0 radical (unpaired) electrons. The van der Waals surface area contributed by atoms with Gasteiger partial charge in [-0.05, 0) is 44.5 Å². The molecular weight excluding hydrogens is 276 g/mol. The van der Waals surface area contributed by atoms with Crippen molar-refractivity contribution in [2.75, 3.05) is 32.4 Å². The number of hydrogen-bond acceptors (Lipinski definition) is 4. The molecule has 1 amide bonds. The van der Waals surface area contributed by atoms with Crippen LogP contribution < -0.4 is 11.1 Å². The Balaban J connectivity index is 1.97. The second-order valence-corrected chi connectivity index (χ2v) is 6.29. The van der Waals surface area contributed by atoms with E-state index in [1.165, 1.54) is 12.3 Å². The summed E-state index contributed by atoms with van der Waals surface area (Å²) in [4.78, 5) is 18.3. The summed E-state index contributed by atoms with van der Waals surface area (Å²) in [7, 11) is 2.12. The van der Waals surface area contributed by atoms with Crippen LogP contribution in [0.4, 0.5) is 5.82 Å². The van der Waals surface area contributed by atoms with E-state index in [4.69, 9.17) is 17.3 Å². The number of amides is 1. The molecule has 110 valence electrons. The molecule has 0 unspecified atom stereocenters. The highest BCUT2D eigenvalue weighted by molar-refractivity contribution is 6.33. The summed E-state index contributed by atoms with van der Waals surface area (Å²) < 4.78 is 0. The van der Waals surface area contributed by atoms with Gasteiger partial charge in [0.1, 0.15) is 5.82 Å². The molecule has 0 bridgehead atoms. The Morgan fingerprint density at radius 3 is 2.85 bits per heavy atom. The molecule has 0 atom stereocenters. The summed E-state index contributed by atoms with van der Waals surface area (Å²) in [6.45, 7) is 4.99. The number of anilines is 1. The van der Waals surface area contributed by atoms with Crippen molar-refractivity contribution in [1.82, 2.24) is 15.2 Å². The summed E-state index contributed by atoms with van der Waals surface area (Å²) in [5, 5.41) is 3.29. The number of aromatic nitrogens is 1. The van der Waals surface area contributed by atoms with Crippen LogP contribution in [0, 0.1) is 5.41 Å². The number of likely N-dealkylation sites (tertiary alicyclic amines) is 1. The number of nitrogens with one attached hydrogen (secondary N) is 1. The van der Waals surface area contributed by atoms with Gasteiger partial charge in [0.05, 0.1) is 10.6 Å². The first-order valence-electron chi connectivity index (χ1n) is 6.77. The smallest absolute Gasteiger partial charge is 0.253 e. The van der Waals surface area contributed by atoms with E-state index in [9.17, 15) is 4.79 Å². The molecule has 1 fully saturated rings. The Kier molecular flexibility index (Phi) is 4.50. The highest BCUT2D eigenvalue weighted by atomic mass is 35.5. The standard InChI is InChI=1S/C14H21ClN4O/c1-14(3-5-19(2)6-4-14)9-18-13(20)10-7-12(16)17-8-11(10)15/h7-8H,3-6,9H2,1-2H3,(H2,16,17)(H,18,20). The van der Waals surface area contributed by atoms with E-state index >= 15 is 0 Å². The molecule has 1 aliphatic heterocycles. The van der Waals surface area contributed by atoms with Crippen molar-refractivity contribution in [1.29, 1.82) is 0 Å². The maximum absolute atomic E-state index is 12.2. The lowest BCUT2D eigenvalue weighted by molar-refractivity contribution is 0.0891. The predicted octanol–water partition coefficient (Wildman–Crippen LogP) is 1.78. The molecule has 6 heteroatoms. The molecule has 0 aliphatic carbocycles. The van der Waals surface area contributed by atoms with Crippen LogP contribution in [0.15, 0.2) is 12.3 Å². The van der Waals surface area contributed by atoms with Gasteiger partial charge in [-0.15, -0.1) is 0 Å². The number of rotatable bonds is 3. The lowest BCUT2D eigenvalue weighted by Crippen LogP contribution is -2.43. The Morgan fingerprint density at radius 2 is 2.20 bits per heavy atom. The Hall–Kier alpha value is -1.33. The molecule has 1 saturated heterocycles. The van der Waals surface area contributed by atoms with Gasteiger partial charge in [0.2, 0.25) is 0 Å². The van der Waals surface area contributed by atoms with E-state index in [1.54, 1.807) is 0 Å². The van der Waals surface area contributed by atoms with E-state index in [0.717, 1.165) is 25.9 Å². The summed E-state index contributed by atoms with van der Waals surface area (Å²) in [6.07, 6.45) is 3.56. The second kappa shape index (κ2) is 5.97. The fourth-order valence-corrected chi connectivity index (χ4v) is 2.54. The molecule has 0 spiro atoms. The Labute approximate surface area is 124 Å². The Morgan fingerprint density at radius 1 is 1.55 bits per heavy atom. The minimum atomic E-state index is -0.191. The van der Waals surface area contributed by atoms with Crippen LogP contribution in [0.5, 0.6) is 0 Å². The highest BCUT2D eigenvalue weighted by Gasteiger charge is 2.29. The number of halogens is 1. The van der Waals surface area contributed by atoms with E-state index in [-0.39, 0.29) is 11.3 Å². The summed E-state index contributed by atoms with van der Waals surface area (Å²) >= 11 is 5.98. The maximum Gasteiger partial charge on any atom is 0.253 e. The number of nitrogens with two attached hydrogens (primary N) is 1. The van der Waals surface area contributed by atoms with Crippen molar-refractivity contribution in [3.8, 4) is 0 Å². The lowest BCUT2D eigenvalue weighted by Gasteiger charge is -2.37. The first-order chi connectivity index (χ1) is 9.39. The molecule has 1 aliphatic rings. The van der Waals surface area contributed by atoms with E-state index in [1.807, 2.05) is 0 Å². The number of piperidine rings is 1. The minimum absolute atomic E-state index is 0.146. The molecule has 1 aromatic rings. The molecule has 5 nitrogen and oxygen atoms in total. The summed E-state index contributed by atoms with van der Waals surface area (Å²) in [5.74, 6) is 0.106. The van der Waals surface area contributed by atoms with Gasteiger partial charge in [-0.1, -0.05) is 18.5 Å². The largest absolute Gasteiger partial charge is 0.384 e. The van der Waals surface area contributed by atoms with Crippen molar-refractivity contribution < 1.29 is 4.79 Å². The van der Waals surface area contributed by atoms with Gasteiger partial charge in [0.25, 0.3) is 5.91 Å². The minimum Gasteiger partial charge on any atom is -0.384 e. The number of nitrogens with zero attached hydrogens (tertiary/aromatic N) is 2. The molecule has 3 N–H and O–H groups in total. The number of hydrogen-bond donors (Lipinski definition) is 2. The summed E-state index contributed by atoms with van der Waals surface area (Å²) in [6, 6.07) is 1.51. The fourth-order valence-electron chi connectivity index (χ4n) is 2.35. The molecular formula is C14H21ClN4O. The SMILES string of the molecule is CN1CCC(C)(CNC(=O)c2cc(N)ncc2Cl)CC1. The van der Waals surface area contributed by atoms with Gasteiger partial charge in [-0.2, -0.15) is 0 Å². The molecule has 1 aromatic heterocycles. The molecule has 0 aromatic carbocycles. The van der Waals surface area contributed by atoms with Gasteiger partial charge in [0, 0.05) is 12.7 Å². The van der Waals surface area contributed by atoms with Crippen LogP contribution >= 0.6 is 11.6 Å². The van der Waals surface area contributed by atoms with Crippen LogP contribution in [0.1, 0.15) is 30.1 Å². The lowest BCUT2D eigenvalue weighted by atomic mass is 9.80. The first-order valence-corrected chi connectivity index (χ1v) is 7.15. The quantitative estimate of drug-likeness (QED) is 0.892. The molecule has 2 rings (SSSR count). The van der Waals surface area contributed by atoms with Crippen molar-refractivity contribution in [2.24, 2.45) is 5.41 Å².